The number of amides is 1. The molecule has 0 aliphatic carbocycles. The van der Waals surface area contributed by atoms with Gasteiger partial charge in [0.2, 0.25) is 5.91 Å². The molecule has 2 N–H and O–H groups in total. The smallest absolute Gasteiger partial charge is 0.335 e. The Morgan fingerprint density at radius 3 is 2.75 bits per heavy atom. The third-order valence-electron chi connectivity index (χ3n) is 4.13. The Morgan fingerprint density at radius 1 is 1.25 bits per heavy atom. The molecule has 0 saturated carbocycles. The van der Waals surface area contributed by atoms with Gasteiger partial charge >= 0.3 is 5.97 Å². The van der Waals surface area contributed by atoms with E-state index < -0.39 is 5.97 Å². The lowest BCUT2D eigenvalue weighted by atomic mass is 9.98. The van der Waals surface area contributed by atoms with E-state index in [0.29, 0.717) is 13.1 Å². The minimum absolute atomic E-state index is 0.0667. The molecule has 2 aliphatic rings. The molecule has 1 atom stereocenters. The van der Waals surface area contributed by atoms with Crippen LogP contribution in [0, 0.1) is 5.92 Å². The van der Waals surface area contributed by atoms with Gasteiger partial charge in [0.25, 0.3) is 0 Å². The van der Waals surface area contributed by atoms with Crippen LogP contribution in [0.15, 0.2) is 18.2 Å². The molecule has 1 saturated heterocycles. The summed E-state index contributed by atoms with van der Waals surface area (Å²) in [5.74, 6) is -0.670. The minimum Gasteiger partial charge on any atom is -0.478 e. The first-order valence-corrected chi connectivity index (χ1v) is 7.00. The second-order valence-corrected chi connectivity index (χ2v) is 5.53. The molecule has 1 aromatic carbocycles. The number of nitrogens with zero attached hydrogens (tertiary/aromatic N) is 1. The largest absolute Gasteiger partial charge is 0.478 e. The standard InChI is InChI=1S/C15H18N2O3/c18-14(11-2-1-5-16-7-11)17-8-12-4-3-10(15(19)20)6-13(12)9-17/h3-4,6,11,16H,1-2,5,7-9H2,(H,19,20). The molecule has 5 heteroatoms. The number of hydrogen-bond donors (Lipinski definition) is 2. The molecule has 2 heterocycles. The third kappa shape index (κ3) is 2.41. The molecule has 3 rings (SSSR count). The van der Waals surface area contributed by atoms with E-state index in [1.54, 1.807) is 12.1 Å². The van der Waals surface area contributed by atoms with Crippen molar-refractivity contribution in [3.63, 3.8) is 0 Å². The second kappa shape index (κ2) is 5.25. The van der Waals surface area contributed by atoms with Gasteiger partial charge in [-0.15, -0.1) is 0 Å². The average Bonchev–Trinajstić information content (AvgIpc) is 2.90. The third-order valence-corrected chi connectivity index (χ3v) is 4.13. The quantitative estimate of drug-likeness (QED) is 0.851. The summed E-state index contributed by atoms with van der Waals surface area (Å²) in [6.45, 7) is 2.88. The SMILES string of the molecule is O=C(O)c1ccc2c(c1)CN(C(=O)C1CCCNC1)C2. The fraction of sp³-hybridized carbons (Fsp3) is 0.467. The molecular formula is C15H18N2O3. The zero-order valence-electron chi connectivity index (χ0n) is 11.3. The van der Waals surface area contributed by atoms with Gasteiger partial charge in [0.1, 0.15) is 0 Å². The van der Waals surface area contributed by atoms with Crippen molar-refractivity contribution in [3.8, 4) is 0 Å². The minimum atomic E-state index is -0.922. The Hall–Kier alpha value is -1.88. The monoisotopic (exact) mass is 274 g/mol. The number of hydrogen-bond acceptors (Lipinski definition) is 3. The summed E-state index contributed by atoms with van der Waals surface area (Å²) < 4.78 is 0. The Balaban J connectivity index is 1.73. The van der Waals surface area contributed by atoms with E-state index in [-0.39, 0.29) is 17.4 Å². The summed E-state index contributed by atoms with van der Waals surface area (Å²) in [6, 6.07) is 5.12. The van der Waals surface area contributed by atoms with Crippen LogP contribution in [0.4, 0.5) is 0 Å². The normalized spacial score (nSPS) is 21.6. The van der Waals surface area contributed by atoms with E-state index >= 15 is 0 Å². The summed E-state index contributed by atoms with van der Waals surface area (Å²) in [4.78, 5) is 25.3. The van der Waals surface area contributed by atoms with E-state index in [1.807, 2.05) is 11.0 Å². The Morgan fingerprint density at radius 2 is 2.05 bits per heavy atom. The molecule has 0 spiro atoms. The van der Waals surface area contributed by atoms with Crippen molar-refractivity contribution in [3.05, 3.63) is 34.9 Å². The summed E-state index contributed by atoms with van der Waals surface area (Å²) >= 11 is 0. The zero-order valence-corrected chi connectivity index (χ0v) is 11.3. The lowest BCUT2D eigenvalue weighted by Crippen LogP contribution is -2.40. The highest BCUT2D eigenvalue weighted by molar-refractivity contribution is 5.88. The number of carbonyl (C=O) groups is 2. The Labute approximate surface area is 117 Å². The van der Waals surface area contributed by atoms with Crippen molar-refractivity contribution in [2.45, 2.75) is 25.9 Å². The van der Waals surface area contributed by atoms with Crippen LogP contribution in [0.3, 0.4) is 0 Å². The van der Waals surface area contributed by atoms with Crippen molar-refractivity contribution in [1.29, 1.82) is 0 Å². The van der Waals surface area contributed by atoms with Gasteiger partial charge in [0.05, 0.1) is 11.5 Å². The molecule has 0 radical (unpaired) electrons. The van der Waals surface area contributed by atoms with Crippen LogP contribution in [-0.4, -0.2) is 35.0 Å². The van der Waals surface area contributed by atoms with Crippen molar-refractivity contribution >= 4 is 11.9 Å². The molecular weight excluding hydrogens is 256 g/mol. The van der Waals surface area contributed by atoms with Crippen molar-refractivity contribution in [2.24, 2.45) is 5.92 Å². The molecule has 1 fully saturated rings. The molecule has 20 heavy (non-hydrogen) atoms. The molecule has 106 valence electrons. The van der Waals surface area contributed by atoms with Crippen LogP contribution in [0.25, 0.3) is 0 Å². The van der Waals surface area contributed by atoms with Gasteiger partial charge in [-0.25, -0.2) is 4.79 Å². The van der Waals surface area contributed by atoms with Crippen LogP contribution in [0.5, 0.6) is 0 Å². The molecule has 5 nitrogen and oxygen atoms in total. The molecule has 0 aromatic heterocycles. The highest BCUT2D eigenvalue weighted by Gasteiger charge is 2.30. The Bertz CT molecular complexity index is 550. The number of piperidine rings is 1. The molecule has 1 aromatic rings. The molecule has 1 unspecified atom stereocenters. The number of carbonyl (C=O) groups excluding carboxylic acids is 1. The van der Waals surface area contributed by atoms with Gasteiger partial charge in [-0.3, -0.25) is 4.79 Å². The number of carboxylic acid groups (broad SMARTS) is 1. The Kier molecular flexibility index (Phi) is 3.44. The van der Waals surface area contributed by atoms with Crippen LogP contribution < -0.4 is 5.32 Å². The highest BCUT2D eigenvalue weighted by Crippen LogP contribution is 2.26. The van der Waals surface area contributed by atoms with Gasteiger partial charge in [-0.05, 0) is 42.6 Å². The zero-order chi connectivity index (χ0) is 14.1. The van der Waals surface area contributed by atoms with Crippen molar-refractivity contribution in [2.75, 3.05) is 13.1 Å². The maximum absolute atomic E-state index is 12.5. The van der Waals surface area contributed by atoms with Gasteiger partial charge in [-0.1, -0.05) is 6.07 Å². The topological polar surface area (TPSA) is 69.6 Å². The first-order chi connectivity index (χ1) is 9.65. The van der Waals surface area contributed by atoms with E-state index in [9.17, 15) is 9.59 Å². The average molecular weight is 274 g/mol. The van der Waals surface area contributed by atoms with E-state index in [1.165, 1.54) is 0 Å². The molecule has 1 amide bonds. The number of fused-ring (bicyclic) bond motifs is 1. The second-order valence-electron chi connectivity index (χ2n) is 5.53. The number of rotatable bonds is 2. The van der Waals surface area contributed by atoms with Gasteiger partial charge in [0.15, 0.2) is 0 Å². The number of nitrogens with one attached hydrogen (secondary N) is 1. The summed E-state index contributed by atoms with van der Waals surface area (Å²) in [5, 5.41) is 12.3. The fourth-order valence-corrected chi connectivity index (χ4v) is 3.00. The fourth-order valence-electron chi connectivity index (χ4n) is 3.00. The predicted molar refractivity (Wildman–Crippen MR) is 73.2 cm³/mol. The summed E-state index contributed by atoms with van der Waals surface area (Å²) in [7, 11) is 0. The van der Waals surface area contributed by atoms with E-state index in [4.69, 9.17) is 5.11 Å². The number of benzene rings is 1. The number of aromatic carboxylic acids is 1. The lowest BCUT2D eigenvalue weighted by Gasteiger charge is -2.26. The molecule has 0 bridgehead atoms. The van der Waals surface area contributed by atoms with Gasteiger partial charge in [0, 0.05) is 19.6 Å². The first kappa shape index (κ1) is 13.1. The van der Waals surface area contributed by atoms with Gasteiger partial charge < -0.3 is 15.3 Å². The summed E-state index contributed by atoms with van der Waals surface area (Å²) in [5.41, 5.74) is 2.31. The van der Waals surface area contributed by atoms with E-state index in [2.05, 4.69) is 5.32 Å². The molecule has 2 aliphatic heterocycles. The van der Waals surface area contributed by atoms with Crippen LogP contribution >= 0.6 is 0 Å². The van der Waals surface area contributed by atoms with Crippen LogP contribution in [0.2, 0.25) is 0 Å². The maximum atomic E-state index is 12.5. The van der Waals surface area contributed by atoms with E-state index in [0.717, 1.165) is 37.1 Å². The lowest BCUT2D eigenvalue weighted by molar-refractivity contribution is -0.136. The predicted octanol–water partition coefficient (Wildman–Crippen LogP) is 1.23. The highest BCUT2D eigenvalue weighted by atomic mass is 16.4. The maximum Gasteiger partial charge on any atom is 0.335 e. The first-order valence-electron chi connectivity index (χ1n) is 7.00. The van der Waals surface area contributed by atoms with Crippen LogP contribution in [0.1, 0.15) is 34.3 Å². The number of carboxylic acids is 1. The van der Waals surface area contributed by atoms with Crippen molar-refractivity contribution in [1.82, 2.24) is 10.2 Å². The van der Waals surface area contributed by atoms with Crippen LogP contribution in [-0.2, 0) is 17.9 Å². The summed E-state index contributed by atoms with van der Waals surface area (Å²) in [6.07, 6.45) is 1.99. The van der Waals surface area contributed by atoms with Gasteiger partial charge in [-0.2, -0.15) is 0 Å². The van der Waals surface area contributed by atoms with Crippen molar-refractivity contribution < 1.29 is 14.7 Å².